The van der Waals surface area contributed by atoms with Crippen molar-refractivity contribution in [3.63, 3.8) is 0 Å². The maximum atomic E-state index is 13.8. The van der Waals surface area contributed by atoms with Gasteiger partial charge in [0.25, 0.3) is 0 Å². The van der Waals surface area contributed by atoms with Crippen molar-refractivity contribution in [2.45, 2.75) is 36.6 Å². The summed E-state index contributed by atoms with van der Waals surface area (Å²) in [6, 6.07) is 0. The number of hydrogen-bond acceptors (Lipinski definition) is 3. The summed E-state index contributed by atoms with van der Waals surface area (Å²) in [4.78, 5) is 1.88. The summed E-state index contributed by atoms with van der Waals surface area (Å²) in [5.74, 6) is -12.9. The van der Waals surface area contributed by atoms with Crippen molar-refractivity contribution in [2.24, 2.45) is 0 Å². The lowest BCUT2D eigenvalue weighted by Gasteiger charge is -2.43. The Kier molecular flexibility index (Phi) is 6.62. The minimum Gasteiger partial charge on any atom is -0.324 e. The number of quaternary nitrogens is 1. The van der Waals surface area contributed by atoms with Crippen molar-refractivity contribution in [2.75, 3.05) is 39.8 Å². The third kappa shape index (κ3) is 4.30. The van der Waals surface area contributed by atoms with Gasteiger partial charge in [0.2, 0.25) is 0 Å². The SMILES string of the molecule is CCC[N+]1(C)CCN(SC(F)(F)C(F)(OF)C(F)(F)C(F)(F)F)CC1. The molecule has 3 nitrogen and oxygen atoms in total. The van der Waals surface area contributed by atoms with Crippen LogP contribution in [0.3, 0.4) is 0 Å². The van der Waals surface area contributed by atoms with Gasteiger partial charge in [-0.2, -0.15) is 35.1 Å². The third-order valence-corrected chi connectivity index (χ3v) is 5.14. The molecule has 1 aliphatic heterocycles. The molecule has 0 radical (unpaired) electrons. The van der Waals surface area contributed by atoms with Gasteiger partial charge in [-0.1, -0.05) is 6.92 Å². The summed E-state index contributed by atoms with van der Waals surface area (Å²) in [5, 5.41) is -5.52. The molecule has 1 heterocycles. The Morgan fingerprint density at radius 3 is 1.84 bits per heavy atom. The first-order valence-electron chi connectivity index (χ1n) is 7.24. The van der Waals surface area contributed by atoms with Gasteiger partial charge in [-0.05, 0) is 10.9 Å². The van der Waals surface area contributed by atoms with Crippen LogP contribution in [0.1, 0.15) is 13.3 Å². The molecule has 1 atom stereocenters. The van der Waals surface area contributed by atoms with E-state index in [-0.39, 0.29) is 13.1 Å². The van der Waals surface area contributed by atoms with Crippen molar-refractivity contribution in [3.05, 3.63) is 0 Å². The van der Waals surface area contributed by atoms with Crippen LogP contribution in [0.25, 0.3) is 0 Å². The second kappa shape index (κ2) is 7.31. The van der Waals surface area contributed by atoms with Crippen LogP contribution in [0.5, 0.6) is 0 Å². The molecule has 1 aliphatic rings. The molecule has 0 aromatic carbocycles. The maximum Gasteiger partial charge on any atom is 0.459 e. The molecule has 25 heavy (non-hydrogen) atoms. The van der Waals surface area contributed by atoms with Crippen molar-refractivity contribution in [1.29, 1.82) is 0 Å². The molecule has 0 spiro atoms. The summed E-state index contributed by atoms with van der Waals surface area (Å²) in [6.07, 6.45) is -5.97. The molecular weight excluding hydrogens is 391 g/mol. The molecule has 0 saturated carbocycles. The minimum absolute atomic E-state index is 0.128. The standard InChI is InChI=1S/C12H18F9N2OS/c1-3-6-23(2)7-4-22(5-8-23)25-12(19,20)10(15,24-21)9(13,14)11(16,17)18/h3-8H2,1-2H3/q+1. The average Bonchev–Trinajstić information content (AvgIpc) is 2.47. The molecule has 1 saturated heterocycles. The van der Waals surface area contributed by atoms with E-state index in [0.717, 1.165) is 10.7 Å². The van der Waals surface area contributed by atoms with Crippen molar-refractivity contribution in [1.82, 2.24) is 4.31 Å². The van der Waals surface area contributed by atoms with Gasteiger partial charge in [0.1, 0.15) is 0 Å². The van der Waals surface area contributed by atoms with E-state index in [2.05, 4.69) is 0 Å². The molecule has 0 bridgehead atoms. The zero-order chi connectivity index (χ0) is 19.7. The van der Waals surface area contributed by atoms with Gasteiger partial charge in [0, 0.05) is 11.9 Å². The van der Waals surface area contributed by atoms with E-state index in [1.54, 1.807) is 0 Å². The van der Waals surface area contributed by atoms with E-state index >= 15 is 0 Å². The number of alkyl halides is 8. The maximum absolute atomic E-state index is 13.8. The van der Waals surface area contributed by atoms with E-state index in [4.69, 9.17) is 0 Å². The molecule has 0 amide bonds. The fourth-order valence-electron chi connectivity index (χ4n) is 2.46. The first-order chi connectivity index (χ1) is 11.2. The van der Waals surface area contributed by atoms with E-state index in [1.165, 1.54) is 0 Å². The molecule has 1 unspecified atom stereocenters. The van der Waals surface area contributed by atoms with Crippen LogP contribution in [-0.4, -0.2) is 71.8 Å². The van der Waals surface area contributed by atoms with E-state index in [9.17, 15) is 39.6 Å². The van der Waals surface area contributed by atoms with Gasteiger partial charge < -0.3 is 4.48 Å². The fraction of sp³-hybridized carbons (Fsp3) is 1.00. The van der Waals surface area contributed by atoms with E-state index in [1.807, 2.05) is 18.9 Å². The Balaban J connectivity index is 2.93. The summed E-state index contributed by atoms with van der Waals surface area (Å²) < 4.78 is 118. The topological polar surface area (TPSA) is 12.5 Å². The molecule has 1 fully saturated rings. The Labute approximate surface area is 142 Å². The monoisotopic (exact) mass is 409 g/mol. The third-order valence-electron chi connectivity index (χ3n) is 4.03. The highest BCUT2D eigenvalue weighted by atomic mass is 32.2. The van der Waals surface area contributed by atoms with Crippen LogP contribution >= 0.6 is 11.9 Å². The second-order valence-corrected chi connectivity index (χ2v) is 7.28. The Hall–Kier alpha value is -0.400. The highest BCUT2D eigenvalue weighted by Gasteiger charge is 2.83. The molecule has 0 aromatic heterocycles. The summed E-state index contributed by atoms with van der Waals surface area (Å²) in [5.41, 5.74) is 0. The van der Waals surface area contributed by atoms with Crippen LogP contribution in [0, 0.1) is 0 Å². The quantitative estimate of drug-likeness (QED) is 0.356. The van der Waals surface area contributed by atoms with Crippen molar-refractivity contribution in [3.8, 4) is 0 Å². The van der Waals surface area contributed by atoms with Crippen LogP contribution < -0.4 is 0 Å². The normalized spacial score (nSPS) is 22.7. The largest absolute Gasteiger partial charge is 0.459 e. The molecule has 0 aliphatic carbocycles. The lowest BCUT2D eigenvalue weighted by Crippen LogP contribution is -2.64. The lowest BCUT2D eigenvalue weighted by molar-refractivity contribution is -0.912. The lowest BCUT2D eigenvalue weighted by atomic mass is 10.1. The molecule has 0 aromatic rings. The van der Waals surface area contributed by atoms with Gasteiger partial charge in [-0.3, -0.25) is 0 Å². The molecular formula is C12H18F9N2OS+. The molecule has 150 valence electrons. The van der Waals surface area contributed by atoms with Crippen LogP contribution in [0.2, 0.25) is 0 Å². The van der Waals surface area contributed by atoms with Gasteiger partial charge in [0.05, 0.1) is 39.8 Å². The van der Waals surface area contributed by atoms with Gasteiger partial charge >= 0.3 is 23.2 Å². The molecule has 13 heteroatoms. The number of likely N-dealkylation sites (N-methyl/N-ethyl adjacent to an activating group) is 1. The first-order valence-corrected chi connectivity index (χ1v) is 8.02. The number of nitrogens with zero attached hydrogens (tertiary/aromatic N) is 2. The zero-order valence-electron chi connectivity index (χ0n) is 13.4. The van der Waals surface area contributed by atoms with Gasteiger partial charge in [-0.25, -0.2) is 4.31 Å². The number of rotatable bonds is 7. The fourth-order valence-corrected chi connectivity index (χ4v) is 3.41. The predicted octanol–water partition coefficient (Wildman–Crippen LogP) is 4.16. The second-order valence-electron chi connectivity index (χ2n) is 6.07. The first kappa shape index (κ1) is 22.6. The van der Waals surface area contributed by atoms with Crippen molar-refractivity contribution < 1.29 is 49.1 Å². The highest BCUT2D eigenvalue weighted by Crippen LogP contribution is 2.57. The molecule has 1 rings (SSSR count). The summed E-state index contributed by atoms with van der Waals surface area (Å²) in [6.45, 7) is 2.94. The Bertz CT molecular complexity index is 454. The smallest absolute Gasteiger partial charge is 0.324 e. The van der Waals surface area contributed by atoms with Crippen molar-refractivity contribution >= 4 is 11.9 Å². The highest BCUT2D eigenvalue weighted by molar-refractivity contribution is 7.98. The number of piperazine rings is 1. The van der Waals surface area contributed by atoms with Gasteiger partial charge in [-0.15, -0.1) is 4.94 Å². The van der Waals surface area contributed by atoms with Crippen LogP contribution in [-0.2, 0) is 4.94 Å². The molecule has 0 N–H and O–H groups in total. The van der Waals surface area contributed by atoms with Crippen LogP contribution in [0.4, 0.5) is 39.6 Å². The minimum atomic E-state index is -6.77. The summed E-state index contributed by atoms with van der Waals surface area (Å²) >= 11 is -0.914. The average molecular weight is 409 g/mol. The number of halogens is 9. The van der Waals surface area contributed by atoms with Gasteiger partial charge in [0.15, 0.2) is 0 Å². The zero-order valence-corrected chi connectivity index (χ0v) is 14.2. The Morgan fingerprint density at radius 1 is 1.00 bits per heavy atom. The van der Waals surface area contributed by atoms with Crippen LogP contribution in [0.15, 0.2) is 0 Å². The van der Waals surface area contributed by atoms with E-state index < -0.39 is 35.2 Å². The van der Waals surface area contributed by atoms with E-state index in [0.29, 0.717) is 24.1 Å². The predicted molar refractivity (Wildman–Crippen MR) is 72.2 cm³/mol. The number of hydrogen-bond donors (Lipinski definition) is 0. The summed E-state index contributed by atoms with van der Waals surface area (Å²) in [7, 11) is 1.82. The Morgan fingerprint density at radius 2 is 1.48 bits per heavy atom.